The SMILES string of the molecule is COC(=O)C1CN(CC(C)(C)N)CCO1. The minimum Gasteiger partial charge on any atom is -0.467 e. The topological polar surface area (TPSA) is 64.8 Å². The van der Waals surface area contributed by atoms with Gasteiger partial charge in [0.1, 0.15) is 0 Å². The van der Waals surface area contributed by atoms with Gasteiger partial charge in [0.05, 0.1) is 13.7 Å². The number of carbonyl (C=O) groups excluding carboxylic acids is 1. The van der Waals surface area contributed by atoms with E-state index in [0.29, 0.717) is 13.2 Å². The lowest BCUT2D eigenvalue weighted by Gasteiger charge is -2.35. The lowest BCUT2D eigenvalue weighted by Crippen LogP contribution is -2.53. The van der Waals surface area contributed by atoms with Crippen LogP contribution in [0.5, 0.6) is 0 Å². The van der Waals surface area contributed by atoms with E-state index in [0.717, 1.165) is 13.1 Å². The van der Waals surface area contributed by atoms with Crippen LogP contribution in [0.1, 0.15) is 13.8 Å². The predicted octanol–water partition coefficient (Wildman–Crippen LogP) is -0.402. The molecule has 0 aromatic rings. The molecule has 0 bridgehead atoms. The number of esters is 1. The fourth-order valence-electron chi connectivity index (χ4n) is 1.70. The quantitative estimate of drug-likeness (QED) is 0.650. The molecule has 1 aliphatic rings. The van der Waals surface area contributed by atoms with Crippen molar-refractivity contribution in [3.63, 3.8) is 0 Å². The van der Waals surface area contributed by atoms with Gasteiger partial charge >= 0.3 is 5.97 Å². The minimum absolute atomic E-state index is 0.252. The third-order valence-electron chi connectivity index (χ3n) is 2.25. The van der Waals surface area contributed by atoms with E-state index in [4.69, 9.17) is 10.5 Å². The lowest BCUT2D eigenvalue weighted by molar-refractivity contribution is -0.160. The molecular weight excluding hydrogens is 196 g/mol. The summed E-state index contributed by atoms with van der Waals surface area (Å²) in [6, 6.07) is 0. The number of morpholine rings is 1. The summed E-state index contributed by atoms with van der Waals surface area (Å²) in [5, 5.41) is 0. The second-order valence-corrected chi connectivity index (χ2v) is 4.61. The molecule has 1 heterocycles. The molecule has 88 valence electrons. The Morgan fingerprint density at radius 3 is 2.87 bits per heavy atom. The van der Waals surface area contributed by atoms with Crippen LogP contribution in [0.15, 0.2) is 0 Å². The van der Waals surface area contributed by atoms with E-state index in [1.165, 1.54) is 7.11 Å². The Labute approximate surface area is 90.5 Å². The molecule has 0 spiro atoms. The van der Waals surface area contributed by atoms with Gasteiger partial charge in [0.15, 0.2) is 6.10 Å². The zero-order valence-corrected chi connectivity index (χ0v) is 9.66. The number of ether oxygens (including phenoxy) is 2. The molecule has 1 aliphatic heterocycles. The molecule has 1 rings (SSSR count). The Kier molecular flexibility index (Phi) is 4.07. The maximum atomic E-state index is 11.3. The molecule has 0 saturated carbocycles. The van der Waals surface area contributed by atoms with E-state index in [1.54, 1.807) is 0 Å². The van der Waals surface area contributed by atoms with Crippen molar-refractivity contribution < 1.29 is 14.3 Å². The first-order valence-electron chi connectivity index (χ1n) is 5.13. The molecule has 1 fully saturated rings. The van der Waals surface area contributed by atoms with Gasteiger partial charge in [-0.3, -0.25) is 4.90 Å². The summed E-state index contributed by atoms with van der Waals surface area (Å²) >= 11 is 0. The van der Waals surface area contributed by atoms with Crippen LogP contribution in [0.2, 0.25) is 0 Å². The van der Waals surface area contributed by atoms with Crippen molar-refractivity contribution >= 4 is 5.97 Å². The number of nitrogens with two attached hydrogens (primary N) is 1. The average Bonchev–Trinajstić information content (AvgIpc) is 2.14. The van der Waals surface area contributed by atoms with Gasteiger partial charge in [0.25, 0.3) is 0 Å². The summed E-state index contributed by atoms with van der Waals surface area (Å²) in [6.45, 7) is 6.62. The Hall–Kier alpha value is -0.650. The average molecular weight is 216 g/mol. The van der Waals surface area contributed by atoms with Crippen molar-refractivity contribution in [2.45, 2.75) is 25.5 Å². The van der Waals surface area contributed by atoms with Crippen molar-refractivity contribution in [3.8, 4) is 0 Å². The van der Waals surface area contributed by atoms with Gasteiger partial charge in [-0.2, -0.15) is 0 Å². The van der Waals surface area contributed by atoms with Crippen molar-refractivity contribution in [1.29, 1.82) is 0 Å². The third kappa shape index (κ3) is 4.15. The Bertz CT molecular complexity index is 225. The van der Waals surface area contributed by atoms with Gasteiger partial charge in [-0.05, 0) is 13.8 Å². The van der Waals surface area contributed by atoms with Crippen LogP contribution in [0.3, 0.4) is 0 Å². The van der Waals surface area contributed by atoms with Gasteiger partial charge in [-0.15, -0.1) is 0 Å². The summed E-state index contributed by atoms with van der Waals surface area (Å²) in [5.74, 6) is -0.311. The summed E-state index contributed by atoms with van der Waals surface area (Å²) in [4.78, 5) is 13.4. The molecule has 0 radical (unpaired) electrons. The molecule has 1 unspecified atom stereocenters. The van der Waals surface area contributed by atoms with E-state index >= 15 is 0 Å². The number of carbonyl (C=O) groups is 1. The number of hydrogen-bond donors (Lipinski definition) is 1. The largest absolute Gasteiger partial charge is 0.467 e. The second kappa shape index (κ2) is 4.92. The van der Waals surface area contributed by atoms with Crippen molar-refractivity contribution in [2.75, 3.05) is 33.4 Å². The highest BCUT2D eigenvalue weighted by molar-refractivity contribution is 5.74. The highest BCUT2D eigenvalue weighted by atomic mass is 16.6. The van der Waals surface area contributed by atoms with Crippen LogP contribution in [0.4, 0.5) is 0 Å². The van der Waals surface area contributed by atoms with E-state index in [9.17, 15) is 4.79 Å². The van der Waals surface area contributed by atoms with Gasteiger partial charge in [0, 0.05) is 25.2 Å². The van der Waals surface area contributed by atoms with Crippen LogP contribution in [0.25, 0.3) is 0 Å². The molecule has 0 aromatic heterocycles. The summed E-state index contributed by atoms with van der Waals surface area (Å²) < 4.78 is 9.96. The number of rotatable bonds is 3. The Morgan fingerprint density at radius 1 is 1.67 bits per heavy atom. The molecule has 1 saturated heterocycles. The molecule has 5 nitrogen and oxygen atoms in total. The molecular formula is C10H20N2O3. The molecule has 5 heteroatoms. The molecule has 2 N–H and O–H groups in total. The first-order chi connectivity index (χ1) is 6.92. The zero-order valence-electron chi connectivity index (χ0n) is 9.66. The third-order valence-corrected chi connectivity index (χ3v) is 2.25. The predicted molar refractivity (Wildman–Crippen MR) is 56.5 cm³/mol. The van der Waals surface area contributed by atoms with Crippen LogP contribution in [-0.4, -0.2) is 55.9 Å². The molecule has 1 atom stereocenters. The van der Waals surface area contributed by atoms with Crippen LogP contribution >= 0.6 is 0 Å². The number of methoxy groups -OCH3 is 1. The fraction of sp³-hybridized carbons (Fsp3) is 0.900. The van der Waals surface area contributed by atoms with Crippen LogP contribution in [0, 0.1) is 0 Å². The smallest absolute Gasteiger partial charge is 0.336 e. The van der Waals surface area contributed by atoms with Gasteiger partial charge in [-0.25, -0.2) is 4.79 Å². The number of hydrogen-bond acceptors (Lipinski definition) is 5. The van der Waals surface area contributed by atoms with Crippen molar-refractivity contribution in [1.82, 2.24) is 4.90 Å². The van der Waals surface area contributed by atoms with Crippen molar-refractivity contribution in [2.24, 2.45) is 5.73 Å². The molecule has 0 aromatic carbocycles. The first-order valence-corrected chi connectivity index (χ1v) is 5.13. The van der Waals surface area contributed by atoms with Crippen LogP contribution in [-0.2, 0) is 14.3 Å². The minimum atomic E-state index is -0.467. The fourth-order valence-corrected chi connectivity index (χ4v) is 1.70. The summed E-state index contributed by atoms with van der Waals surface area (Å²) in [7, 11) is 1.37. The highest BCUT2D eigenvalue weighted by Gasteiger charge is 2.29. The summed E-state index contributed by atoms with van der Waals surface area (Å²) in [6.07, 6.45) is -0.467. The van der Waals surface area contributed by atoms with Gasteiger partial charge < -0.3 is 15.2 Å². The number of nitrogens with zero attached hydrogens (tertiary/aromatic N) is 1. The first kappa shape index (κ1) is 12.4. The Balaban J connectivity index is 2.46. The lowest BCUT2D eigenvalue weighted by atomic mass is 10.1. The van der Waals surface area contributed by atoms with Gasteiger partial charge in [0.2, 0.25) is 0 Å². The van der Waals surface area contributed by atoms with E-state index in [1.807, 2.05) is 13.8 Å². The van der Waals surface area contributed by atoms with Gasteiger partial charge in [-0.1, -0.05) is 0 Å². The molecule has 15 heavy (non-hydrogen) atoms. The maximum Gasteiger partial charge on any atom is 0.336 e. The van der Waals surface area contributed by atoms with E-state index in [-0.39, 0.29) is 11.5 Å². The molecule has 0 amide bonds. The van der Waals surface area contributed by atoms with Crippen LogP contribution < -0.4 is 5.73 Å². The summed E-state index contributed by atoms with van der Waals surface area (Å²) in [5.41, 5.74) is 5.67. The monoisotopic (exact) mass is 216 g/mol. The maximum absolute atomic E-state index is 11.3. The highest BCUT2D eigenvalue weighted by Crippen LogP contribution is 2.09. The van der Waals surface area contributed by atoms with E-state index < -0.39 is 6.10 Å². The standard InChI is InChI=1S/C10H20N2O3/c1-10(2,11)7-12-4-5-15-8(6-12)9(13)14-3/h8H,4-7,11H2,1-3H3. The molecule has 0 aliphatic carbocycles. The van der Waals surface area contributed by atoms with E-state index in [2.05, 4.69) is 9.64 Å². The second-order valence-electron chi connectivity index (χ2n) is 4.61. The zero-order chi connectivity index (χ0) is 11.5. The van der Waals surface area contributed by atoms with Crippen molar-refractivity contribution in [3.05, 3.63) is 0 Å². The normalized spacial score (nSPS) is 23.9. The Morgan fingerprint density at radius 2 is 2.33 bits per heavy atom.